The van der Waals surface area contributed by atoms with Crippen molar-refractivity contribution >= 4 is 21.8 Å². The molecule has 0 spiro atoms. The smallest absolute Gasteiger partial charge is 0.276 e. The third-order valence-corrected chi connectivity index (χ3v) is 3.77. The van der Waals surface area contributed by atoms with Crippen molar-refractivity contribution in [3.8, 4) is 17.3 Å². The van der Waals surface area contributed by atoms with Gasteiger partial charge in [-0.1, -0.05) is 12.1 Å². The van der Waals surface area contributed by atoms with Gasteiger partial charge in [-0.05, 0) is 31.2 Å². The van der Waals surface area contributed by atoms with Gasteiger partial charge in [0.1, 0.15) is 11.4 Å². The first-order chi connectivity index (χ1) is 11.3. The number of fused-ring (bicyclic) bond motifs is 3. The summed E-state index contributed by atoms with van der Waals surface area (Å²) in [6.07, 6.45) is 2.53. The molecule has 0 amide bonds. The Kier molecular flexibility index (Phi) is 3.22. The molecule has 6 nitrogen and oxygen atoms in total. The maximum atomic E-state index is 5.59. The van der Waals surface area contributed by atoms with E-state index in [-0.39, 0.29) is 0 Å². The Labute approximate surface area is 132 Å². The van der Waals surface area contributed by atoms with Crippen LogP contribution < -0.4 is 4.74 Å². The molecule has 1 N–H and O–H groups in total. The molecule has 4 aromatic rings. The van der Waals surface area contributed by atoms with Gasteiger partial charge in [0.05, 0.1) is 18.3 Å². The highest BCUT2D eigenvalue weighted by Crippen LogP contribution is 2.30. The fraction of sp³-hybridized carbons (Fsp3) is 0.235. The van der Waals surface area contributed by atoms with E-state index >= 15 is 0 Å². The number of rotatable bonds is 4. The lowest BCUT2D eigenvalue weighted by Crippen LogP contribution is -1.90. The van der Waals surface area contributed by atoms with Crippen LogP contribution in [0.2, 0.25) is 0 Å². The molecule has 116 valence electrons. The average molecular weight is 308 g/mol. The predicted molar refractivity (Wildman–Crippen MR) is 87.4 cm³/mol. The molecule has 4 rings (SSSR count). The first-order valence-corrected chi connectivity index (χ1v) is 7.65. The number of nitrogens with zero attached hydrogens (tertiary/aromatic N) is 3. The number of aryl methyl sites for hydroxylation is 1. The van der Waals surface area contributed by atoms with E-state index in [2.05, 4.69) is 20.1 Å². The zero-order chi connectivity index (χ0) is 15.8. The number of pyridine rings is 1. The fourth-order valence-corrected chi connectivity index (χ4v) is 2.65. The van der Waals surface area contributed by atoms with Crippen LogP contribution in [0.5, 0.6) is 5.75 Å². The molecule has 0 saturated carbocycles. The number of aromatic amines is 1. The molecule has 3 aromatic heterocycles. The number of hydrogen-bond acceptors (Lipinski definition) is 5. The maximum absolute atomic E-state index is 5.59. The first kappa shape index (κ1) is 13.8. The molecule has 0 atom stereocenters. The second kappa shape index (κ2) is 5.39. The average Bonchev–Trinajstić information content (AvgIpc) is 3.18. The summed E-state index contributed by atoms with van der Waals surface area (Å²) in [7, 11) is 0. The molecule has 0 radical (unpaired) electrons. The molecule has 6 heteroatoms. The lowest BCUT2D eigenvalue weighted by atomic mass is 10.1. The predicted octanol–water partition coefficient (Wildman–Crippen LogP) is 3.73. The second-order valence-corrected chi connectivity index (χ2v) is 5.25. The molecular formula is C17H16N4O2. The number of H-pyrrole nitrogens is 1. The molecule has 0 unspecified atom stereocenters. The molecule has 1 aromatic carbocycles. The molecular weight excluding hydrogens is 292 g/mol. The van der Waals surface area contributed by atoms with Gasteiger partial charge in [0.15, 0.2) is 5.82 Å². The number of ether oxygens (including phenoxy) is 1. The van der Waals surface area contributed by atoms with Crippen molar-refractivity contribution < 1.29 is 9.26 Å². The van der Waals surface area contributed by atoms with Crippen molar-refractivity contribution in [3.63, 3.8) is 0 Å². The highest BCUT2D eigenvalue weighted by Gasteiger charge is 2.12. The minimum absolute atomic E-state index is 0.444. The molecule has 23 heavy (non-hydrogen) atoms. The Balaban J connectivity index is 1.88. The van der Waals surface area contributed by atoms with Crippen LogP contribution in [0.25, 0.3) is 33.4 Å². The molecule has 0 aliphatic rings. The standard InChI is InChI=1S/C17H16N4O2/c1-3-16-20-17(23-21-16)14-8-12-11-7-10(22-4-2)5-6-13(11)19-15(12)9-18-14/h5-9,19H,3-4H2,1-2H3. The highest BCUT2D eigenvalue weighted by molar-refractivity contribution is 6.08. The summed E-state index contributed by atoms with van der Waals surface area (Å²) in [6.45, 7) is 4.60. The van der Waals surface area contributed by atoms with E-state index in [9.17, 15) is 0 Å². The Bertz CT molecular complexity index is 987. The molecule has 0 aliphatic carbocycles. The summed E-state index contributed by atoms with van der Waals surface area (Å²) in [4.78, 5) is 12.1. The van der Waals surface area contributed by atoms with Gasteiger partial charge >= 0.3 is 0 Å². The molecule has 0 bridgehead atoms. The third kappa shape index (κ3) is 2.32. The van der Waals surface area contributed by atoms with E-state index in [1.54, 1.807) is 6.20 Å². The van der Waals surface area contributed by atoms with Crippen molar-refractivity contribution in [2.24, 2.45) is 0 Å². The molecule has 0 aliphatic heterocycles. The van der Waals surface area contributed by atoms with Gasteiger partial charge in [-0.25, -0.2) is 4.98 Å². The number of hydrogen-bond donors (Lipinski definition) is 1. The van der Waals surface area contributed by atoms with Gasteiger partial charge in [0, 0.05) is 22.7 Å². The number of benzene rings is 1. The molecule has 0 saturated heterocycles. The zero-order valence-corrected chi connectivity index (χ0v) is 13.0. The first-order valence-electron chi connectivity index (χ1n) is 7.65. The summed E-state index contributed by atoms with van der Waals surface area (Å²) in [5, 5.41) is 6.07. The summed E-state index contributed by atoms with van der Waals surface area (Å²) in [5.41, 5.74) is 2.68. The fourth-order valence-electron chi connectivity index (χ4n) is 2.65. The Hall–Kier alpha value is -2.89. The van der Waals surface area contributed by atoms with Crippen LogP contribution in [0.1, 0.15) is 19.7 Å². The second-order valence-electron chi connectivity index (χ2n) is 5.25. The van der Waals surface area contributed by atoms with Crippen LogP contribution in [0.4, 0.5) is 0 Å². The lowest BCUT2D eigenvalue weighted by molar-refractivity contribution is 0.341. The minimum atomic E-state index is 0.444. The zero-order valence-electron chi connectivity index (χ0n) is 13.0. The van der Waals surface area contributed by atoms with Crippen LogP contribution in [0.3, 0.4) is 0 Å². The van der Waals surface area contributed by atoms with E-state index in [4.69, 9.17) is 9.26 Å². The minimum Gasteiger partial charge on any atom is -0.494 e. The molecule has 0 fully saturated rings. The Morgan fingerprint density at radius 1 is 1.13 bits per heavy atom. The van der Waals surface area contributed by atoms with Gasteiger partial charge in [0.2, 0.25) is 0 Å². The summed E-state index contributed by atoms with van der Waals surface area (Å²) in [5.74, 6) is 1.98. The normalized spacial score (nSPS) is 11.4. The summed E-state index contributed by atoms with van der Waals surface area (Å²) in [6, 6.07) is 7.98. The van der Waals surface area contributed by atoms with Gasteiger partial charge < -0.3 is 14.2 Å². The largest absolute Gasteiger partial charge is 0.494 e. The van der Waals surface area contributed by atoms with Gasteiger partial charge in [0.25, 0.3) is 5.89 Å². The SMILES string of the molecule is CCOc1ccc2[nH]c3cnc(-c4nc(CC)no4)cc3c2c1. The van der Waals surface area contributed by atoms with Crippen molar-refractivity contribution in [1.29, 1.82) is 0 Å². The lowest BCUT2D eigenvalue weighted by Gasteiger charge is -2.02. The Morgan fingerprint density at radius 2 is 2.00 bits per heavy atom. The molecule has 3 heterocycles. The van der Waals surface area contributed by atoms with Crippen LogP contribution in [0.15, 0.2) is 35.0 Å². The third-order valence-electron chi connectivity index (χ3n) is 3.77. The van der Waals surface area contributed by atoms with Crippen molar-refractivity contribution in [1.82, 2.24) is 20.1 Å². The van der Waals surface area contributed by atoms with Crippen molar-refractivity contribution in [2.75, 3.05) is 6.61 Å². The van der Waals surface area contributed by atoms with Crippen LogP contribution in [0, 0.1) is 0 Å². The van der Waals surface area contributed by atoms with Crippen molar-refractivity contribution in [2.45, 2.75) is 20.3 Å². The van der Waals surface area contributed by atoms with E-state index < -0.39 is 0 Å². The van der Waals surface area contributed by atoms with E-state index in [1.807, 2.05) is 38.1 Å². The number of nitrogens with one attached hydrogen (secondary N) is 1. The number of aromatic nitrogens is 4. The van der Waals surface area contributed by atoms with Crippen LogP contribution in [-0.4, -0.2) is 26.7 Å². The van der Waals surface area contributed by atoms with Crippen LogP contribution in [-0.2, 0) is 6.42 Å². The van der Waals surface area contributed by atoms with Gasteiger partial charge in [-0.15, -0.1) is 0 Å². The Morgan fingerprint density at radius 3 is 2.78 bits per heavy atom. The van der Waals surface area contributed by atoms with E-state index in [0.717, 1.165) is 34.0 Å². The maximum Gasteiger partial charge on any atom is 0.276 e. The quantitative estimate of drug-likeness (QED) is 0.621. The van der Waals surface area contributed by atoms with E-state index in [1.165, 1.54) is 0 Å². The van der Waals surface area contributed by atoms with Gasteiger partial charge in [-0.2, -0.15) is 4.98 Å². The van der Waals surface area contributed by atoms with Crippen LogP contribution >= 0.6 is 0 Å². The van der Waals surface area contributed by atoms with Gasteiger partial charge in [-0.3, -0.25) is 0 Å². The summed E-state index contributed by atoms with van der Waals surface area (Å²) < 4.78 is 10.9. The van der Waals surface area contributed by atoms with Crippen molar-refractivity contribution in [3.05, 3.63) is 36.3 Å². The van der Waals surface area contributed by atoms with E-state index in [0.29, 0.717) is 24.0 Å². The monoisotopic (exact) mass is 308 g/mol. The summed E-state index contributed by atoms with van der Waals surface area (Å²) >= 11 is 0. The highest BCUT2D eigenvalue weighted by atomic mass is 16.5. The topological polar surface area (TPSA) is 76.8 Å².